The highest BCUT2D eigenvalue weighted by Crippen LogP contribution is 2.32. The number of halogens is 3. The predicted octanol–water partition coefficient (Wildman–Crippen LogP) is 5.62. The highest BCUT2D eigenvalue weighted by Gasteiger charge is 2.15. The fourth-order valence-corrected chi connectivity index (χ4v) is 2.77. The molecule has 1 unspecified atom stereocenters. The number of aryl methyl sites for hydroxylation is 2. The quantitative estimate of drug-likeness (QED) is 0.645. The van der Waals surface area contributed by atoms with Crippen molar-refractivity contribution in [1.29, 1.82) is 0 Å². The Bertz CT molecular complexity index is 593. The highest BCUT2D eigenvalue weighted by molar-refractivity contribution is 6.32. The minimum absolute atomic E-state index is 0.256. The van der Waals surface area contributed by atoms with Gasteiger partial charge in [0, 0.05) is 5.02 Å². The van der Waals surface area contributed by atoms with E-state index in [0.717, 1.165) is 11.1 Å². The largest absolute Gasteiger partial charge is 0.207 e. The maximum Gasteiger partial charge on any atom is 0.127 e. The first-order valence-electron chi connectivity index (χ1n) is 6.12. The first-order chi connectivity index (χ1) is 8.97. The molecular formula is C16H15Cl2F. The number of hydrogen-bond acceptors (Lipinski definition) is 0. The minimum atomic E-state index is -0.298. The zero-order valence-electron chi connectivity index (χ0n) is 10.9. The summed E-state index contributed by atoms with van der Waals surface area (Å²) in [7, 11) is 0. The van der Waals surface area contributed by atoms with Gasteiger partial charge in [-0.2, -0.15) is 0 Å². The van der Waals surface area contributed by atoms with Gasteiger partial charge in [-0.25, -0.2) is 4.39 Å². The zero-order valence-corrected chi connectivity index (χ0v) is 12.4. The molecule has 0 N–H and O–H groups in total. The lowest BCUT2D eigenvalue weighted by molar-refractivity contribution is 0.617. The monoisotopic (exact) mass is 296 g/mol. The Kier molecular flexibility index (Phi) is 4.49. The third kappa shape index (κ3) is 3.49. The molecule has 0 spiro atoms. The molecule has 2 rings (SSSR count). The van der Waals surface area contributed by atoms with Crippen molar-refractivity contribution in [2.24, 2.45) is 0 Å². The Morgan fingerprint density at radius 3 is 2.58 bits per heavy atom. The first kappa shape index (κ1) is 14.4. The van der Waals surface area contributed by atoms with Gasteiger partial charge in [-0.15, -0.1) is 11.6 Å². The zero-order chi connectivity index (χ0) is 14.0. The fraction of sp³-hybridized carbons (Fsp3) is 0.250. The Hall–Kier alpha value is -1.05. The third-order valence-corrected chi connectivity index (χ3v) is 3.83. The van der Waals surface area contributed by atoms with Crippen LogP contribution >= 0.6 is 23.2 Å². The van der Waals surface area contributed by atoms with E-state index in [9.17, 15) is 4.39 Å². The Balaban J connectivity index is 2.25. The van der Waals surface area contributed by atoms with Gasteiger partial charge in [-0.1, -0.05) is 47.5 Å². The van der Waals surface area contributed by atoms with Gasteiger partial charge >= 0.3 is 0 Å². The summed E-state index contributed by atoms with van der Waals surface area (Å²) in [6.07, 6.45) is 0.675. The van der Waals surface area contributed by atoms with E-state index in [1.165, 1.54) is 11.6 Å². The van der Waals surface area contributed by atoms with Gasteiger partial charge < -0.3 is 0 Å². The molecule has 0 aromatic heterocycles. The number of alkyl halides is 1. The van der Waals surface area contributed by atoms with Crippen molar-refractivity contribution < 1.29 is 4.39 Å². The molecule has 0 saturated carbocycles. The second-order valence-corrected chi connectivity index (χ2v) is 5.72. The summed E-state index contributed by atoms with van der Waals surface area (Å²) in [5.41, 5.74) is 3.69. The molecule has 0 fully saturated rings. The van der Waals surface area contributed by atoms with Crippen LogP contribution in [0.4, 0.5) is 4.39 Å². The maximum absolute atomic E-state index is 13.4. The molecule has 0 saturated heterocycles. The van der Waals surface area contributed by atoms with Crippen molar-refractivity contribution in [2.45, 2.75) is 25.6 Å². The van der Waals surface area contributed by atoms with E-state index in [-0.39, 0.29) is 11.2 Å². The minimum Gasteiger partial charge on any atom is -0.207 e. The molecule has 0 heterocycles. The molecule has 3 heteroatoms. The van der Waals surface area contributed by atoms with Gasteiger partial charge in [0.05, 0.1) is 5.38 Å². The van der Waals surface area contributed by atoms with E-state index >= 15 is 0 Å². The van der Waals surface area contributed by atoms with E-state index in [1.54, 1.807) is 13.0 Å². The molecule has 2 aromatic carbocycles. The maximum atomic E-state index is 13.4. The molecule has 0 amide bonds. The van der Waals surface area contributed by atoms with Gasteiger partial charge in [0.25, 0.3) is 0 Å². The first-order valence-corrected chi connectivity index (χ1v) is 6.94. The predicted molar refractivity (Wildman–Crippen MR) is 79.6 cm³/mol. The molecule has 0 aliphatic carbocycles. The molecule has 1 atom stereocenters. The Morgan fingerprint density at radius 2 is 1.89 bits per heavy atom. The summed E-state index contributed by atoms with van der Waals surface area (Å²) in [5, 5.41) is 0.129. The van der Waals surface area contributed by atoms with Crippen LogP contribution in [-0.4, -0.2) is 0 Å². The van der Waals surface area contributed by atoms with E-state index in [2.05, 4.69) is 6.07 Å². The fourth-order valence-electron chi connectivity index (χ4n) is 2.08. The van der Waals surface area contributed by atoms with Gasteiger partial charge in [0.2, 0.25) is 0 Å². The summed E-state index contributed by atoms with van der Waals surface area (Å²) in [4.78, 5) is 0. The molecule has 0 aliphatic rings. The highest BCUT2D eigenvalue weighted by atomic mass is 35.5. The van der Waals surface area contributed by atoms with Crippen LogP contribution in [0.2, 0.25) is 5.02 Å². The SMILES string of the molecule is Cc1cccc(CC(Cl)c2cc(C)c(F)cc2Cl)c1. The lowest BCUT2D eigenvalue weighted by Crippen LogP contribution is -1.99. The standard InChI is InChI=1S/C16H15Cl2F/c1-10-4-3-5-12(6-10)8-14(17)13-7-11(2)16(19)9-15(13)18/h3-7,9,14H,8H2,1-2H3. The summed E-state index contributed by atoms with van der Waals surface area (Å²) < 4.78 is 13.4. The Morgan fingerprint density at radius 1 is 1.16 bits per heavy atom. The Labute approximate surface area is 123 Å². The molecule has 19 heavy (non-hydrogen) atoms. The number of benzene rings is 2. The van der Waals surface area contributed by atoms with Crippen molar-refractivity contribution in [1.82, 2.24) is 0 Å². The third-order valence-electron chi connectivity index (χ3n) is 3.11. The number of hydrogen-bond donors (Lipinski definition) is 0. The summed E-state index contributed by atoms with van der Waals surface area (Å²) in [6.45, 7) is 3.76. The molecule has 100 valence electrons. The van der Waals surface area contributed by atoms with E-state index in [1.807, 2.05) is 25.1 Å². The van der Waals surface area contributed by atoms with Crippen molar-refractivity contribution in [3.63, 3.8) is 0 Å². The van der Waals surface area contributed by atoms with E-state index < -0.39 is 0 Å². The topological polar surface area (TPSA) is 0 Å². The van der Waals surface area contributed by atoms with Crippen LogP contribution in [0.3, 0.4) is 0 Å². The summed E-state index contributed by atoms with van der Waals surface area (Å²) >= 11 is 12.5. The molecular weight excluding hydrogens is 282 g/mol. The van der Waals surface area contributed by atoms with Crippen LogP contribution in [0.15, 0.2) is 36.4 Å². The van der Waals surface area contributed by atoms with Gasteiger partial charge in [-0.3, -0.25) is 0 Å². The summed E-state index contributed by atoms with van der Waals surface area (Å²) in [5.74, 6) is -0.298. The van der Waals surface area contributed by atoms with Crippen molar-refractivity contribution >= 4 is 23.2 Å². The second kappa shape index (κ2) is 5.94. The van der Waals surface area contributed by atoms with Crippen molar-refractivity contribution in [3.05, 3.63) is 69.5 Å². The van der Waals surface area contributed by atoms with Crippen molar-refractivity contribution in [2.75, 3.05) is 0 Å². The van der Waals surface area contributed by atoms with Gasteiger partial charge in [0.1, 0.15) is 5.82 Å². The van der Waals surface area contributed by atoms with Crippen LogP contribution < -0.4 is 0 Å². The van der Waals surface area contributed by atoms with Crippen LogP contribution in [0.25, 0.3) is 0 Å². The summed E-state index contributed by atoms with van der Waals surface area (Å²) in [6, 6.07) is 11.2. The lowest BCUT2D eigenvalue weighted by Gasteiger charge is -2.13. The lowest BCUT2D eigenvalue weighted by atomic mass is 10.0. The molecule has 0 nitrogen and oxygen atoms in total. The smallest absolute Gasteiger partial charge is 0.127 e. The van der Waals surface area contributed by atoms with Crippen LogP contribution in [0, 0.1) is 19.7 Å². The normalized spacial score (nSPS) is 12.5. The second-order valence-electron chi connectivity index (χ2n) is 4.78. The molecule has 0 radical (unpaired) electrons. The molecule has 2 aromatic rings. The van der Waals surface area contributed by atoms with Gasteiger partial charge in [0.15, 0.2) is 0 Å². The van der Waals surface area contributed by atoms with Crippen LogP contribution in [0.1, 0.15) is 27.6 Å². The van der Waals surface area contributed by atoms with Crippen LogP contribution in [-0.2, 0) is 6.42 Å². The number of rotatable bonds is 3. The van der Waals surface area contributed by atoms with Gasteiger partial charge in [-0.05, 0) is 43.0 Å². The average Bonchev–Trinajstić information content (AvgIpc) is 2.33. The average molecular weight is 297 g/mol. The van der Waals surface area contributed by atoms with E-state index in [0.29, 0.717) is 17.0 Å². The van der Waals surface area contributed by atoms with E-state index in [4.69, 9.17) is 23.2 Å². The van der Waals surface area contributed by atoms with Crippen LogP contribution in [0.5, 0.6) is 0 Å². The molecule has 0 aliphatic heterocycles. The van der Waals surface area contributed by atoms with Crippen molar-refractivity contribution in [3.8, 4) is 0 Å². The molecule has 0 bridgehead atoms.